The molecule has 0 spiro atoms. The number of rotatable bonds is 3. The van der Waals surface area contributed by atoms with Gasteiger partial charge < -0.3 is 5.32 Å². The Morgan fingerprint density at radius 2 is 2.05 bits per heavy atom. The van der Waals surface area contributed by atoms with Gasteiger partial charge in [0.1, 0.15) is 0 Å². The molecule has 1 aromatic carbocycles. The second kappa shape index (κ2) is 4.71. The molecular formula is C13H13N3O2S. The third-order valence-corrected chi connectivity index (χ3v) is 4.99. The Kier molecular flexibility index (Phi) is 3.04. The zero-order chi connectivity index (χ0) is 13.3. The third-order valence-electron chi connectivity index (χ3n) is 3.17. The zero-order valence-corrected chi connectivity index (χ0v) is 11.0. The van der Waals surface area contributed by atoms with Gasteiger partial charge in [-0.2, -0.15) is 10.2 Å². The number of sulfone groups is 1. The Morgan fingerprint density at radius 1 is 1.21 bits per heavy atom. The monoisotopic (exact) mass is 275 g/mol. The van der Waals surface area contributed by atoms with E-state index in [1.54, 1.807) is 18.3 Å². The SMILES string of the molecule is O=S1(=O)CC(NCc2cccnn2)c2ccccc21. The first-order valence-electron chi connectivity index (χ1n) is 5.98. The van der Waals surface area contributed by atoms with Crippen molar-refractivity contribution in [2.24, 2.45) is 0 Å². The minimum Gasteiger partial charge on any atom is -0.303 e. The summed E-state index contributed by atoms with van der Waals surface area (Å²) in [5, 5.41) is 11.0. The van der Waals surface area contributed by atoms with E-state index < -0.39 is 9.84 Å². The second-order valence-electron chi connectivity index (χ2n) is 4.47. The average molecular weight is 275 g/mol. The van der Waals surface area contributed by atoms with Crippen molar-refractivity contribution in [2.75, 3.05) is 5.75 Å². The molecule has 1 unspecified atom stereocenters. The molecule has 6 heteroatoms. The van der Waals surface area contributed by atoms with Gasteiger partial charge in [0.05, 0.1) is 16.3 Å². The molecule has 0 saturated heterocycles. The molecule has 0 amide bonds. The molecule has 0 fully saturated rings. The van der Waals surface area contributed by atoms with Crippen LogP contribution in [0, 0.1) is 0 Å². The molecule has 2 aromatic rings. The number of aromatic nitrogens is 2. The Morgan fingerprint density at radius 3 is 2.84 bits per heavy atom. The lowest BCUT2D eigenvalue weighted by Gasteiger charge is -2.11. The molecule has 1 atom stereocenters. The van der Waals surface area contributed by atoms with Crippen molar-refractivity contribution in [3.8, 4) is 0 Å². The van der Waals surface area contributed by atoms with E-state index in [0.29, 0.717) is 11.4 Å². The van der Waals surface area contributed by atoms with Gasteiger partial charge in [-0.05, 0) is 23.8 Å². The number of benzene rings is 1. The van der Waals surface area contributed by atoms with Crippen LogP contribution >= 0.6 is 0 Å². The minimum absolute atomic E-state index is 0.104. The van der Waals surface area contributed by atoms with Crippen molar-refractivity contribution in [3.05, 3.63) is 53.9 Å². The van der Waals surface area contributed by atoms with Crippen molar-refractivity contribution in [2.45, 2.75) is 17.5 Å². The molecule has 1 aliphatic heterocycles. The van der Waals surface area contributed by atoms with Gasteiger partial charge in [-0.15, -0.1) is 0 Å². The molecule has 5 nitrogen and oxygen atoms in total. The number of nitrogens with one attached hydrogen (secondary N) is 1. The van der Waals surface area contributed by atoms with E-state index in [2.05, 4.69) is 15.5 Å². The van der Waals surface area contributed by atoms with Gasteiger partial charge in [0.25, 0.3) is 0 Å². The molecular weight excluding hydrogens is 262 g/mol. The Hall–Kier alpha value is -1.79. The molecule has 1 aromatic heterocycles. The molecule has 0 aliphatic carbocycles. The quantitative estimate of drug-likeness (QED) is 0.908. The van der Waals surface area contributed by atoms with Crippen LogP contribution in [-0.2, 0) is 16.4 Å². The van der Waals surface area contributed by atoms with Crippen molar-refractivity contribution in [1.29, 1.82) is 0 Å². The summed E-state index contributed by atoms with van der Waals surface area (Å²) in [5.41, 5.74) is 1.63. The van der Waals surface area contributed by atoms with E-state index >= 15 is 0 Å². The summed E-state index contributed by atoms with van der Waals surface area (Å²) in [6.07, 6.45) is 1.61. The van der Waals surface area contributed by atoms with E-state index in [0.717, 1.165) is 11.3 Å². The van der Waals surface area contributed by atoms with Gasteiger partial charge >= 0.3 is 0 Å². The van der Waals surface area contributed by atoms with Crippen LogP contribution < -0.4 is 5.32 Å². The van der Waals surface area contributed by atoms with Crippen LogP contribution in [0.2, 0.25) is 0 Å². The summed E-state index contributed by atoms with van der Waals surface area (Å²) < 4.78 is 24.0. The summed E-state index contributed by atoms with van der Waals surface area (Å²) in [5.74, 6) is 0.104. The van der Waals surface area contributed by atoms with Gasteiger partial charge in [-0.25, -0.2) is 8.42 Å². The first-order chi connectivity index (χ1) is 9.17. The van der Waals surface area contributed by atoms with Crippen LogP contribution in [0.3, 0.4) is 0 Å². The highest BCUT2D eigenvalue weighted by atomic mass is 32.2. The summed E-state index contributed by atoms with van der Waals surface area (Å²) in [6.45, 7) is 0.502. The molecule has 2 heterocycles. The Bertz CT molecular complexity index is 686. The predicted molar refractivity (Wildman–Crippen MR) is 70.1 cm³/mol. The third kappa shape index (κ3) is 2.36. The van der Waals surface area contributed by atoms with Crippen molar-refractivity contribution in [1.82, 2.24) is 15.5 Å². The lowest BCUT2D eigenvalue weighted by atomic mass is 10.1. The van der Waals surface area contributed by atoms with Crippen LogP contribution in [0.25, 0.3) is 0 Å². The number of hydrogen-bond acceptors (Lipinski definition) is 5. The summed E-state index contributed by atoms with van der Waals surface area (Å²) in [7, 11) is -3.16. The number of nitrogens with zero attached hydrogens (tertiary/aromatic N) is 2. The summed E-state index contributed by atoms with van der Waals surface area (Å²) in [6, 6.07) is 10.6. The minimum atomic E-state index is -3.16. The molecule has 98 valence electrons. The lowest BCUT2D eigenvalue weighted by Crippen LogP contribution is -2.22. The molecule has 19 heavy (non-hydrogen) atoms. The lowest BCUT2D eigenvalue weighted by molar-refractivity contribution is 0.559. The normalized spacial score (nSPS) is 20.1. The summed E-state index contributed by atoms with van der Waals surface area (Å²) in [4.78, 5) is 0.437. The topological polar surface area (TPSA) is 72.0 Å². The first-order valence-corrected chi connectivity index (χ1v) is 7.64. The Labute approximate surface area is 111 Å². The van der Waals surface area contributed by atoms with E-state index in [9.17, 15) is 8.42 Å². The van der Waals surface area contributed by atoms with Crippen LogP contribution in [0.5, 0.6) is 0 Å². The smallest absolute Gasteiger partial charge is 0.180 e. The molecule has 0 saturated carbocycles. The van der Waals surface area contributed by atoms with E-state index in [1.165, 1.54) is 0 Å². The largest absolute Gasteiger partial charge is 0.303 e. The molecule has 0 bridgehead atoms. The maximum Gasteiger partial charge on any atom is 0.180 e. The number of hydrogen-bond donors (Lipinski definition) is 1. The van der Waals surface area contributed by atoms with Gasteiger partial charge in [0.15, 0.2) is 9.84 Å². The first kappa shape index (κ1) is 12.3. The van der Waals surface area contributed by atoms with Crippen molar-refractivity contribution in [3.63, 3.8) is 0 Å². The average Bonchev–Trinajstić information content (AvgIpc) is 2.70. The maximum absolute atomic E-state index is 12.0. The fourth-order valence-electron chi connectivity index (χ4n) is 2.27. The highest BCUT2D eigenvalue weighted by Crippen LogP contribution is 2.32. The fourth-order valence-corrected chi connectivity index (χ4v) is 4.05. The summed E-state index contributed by atoms with van der Waals surface area (Å²) >= 11 is 0. The van der Waals surface area contributed by atoms with Gasteiger partial charge in [0.2, 0.25) is 0 Å². The van der Waals surface area contributed by atoms with E-state index in [1.807, 2.05) is 24.3 Å². The maximum atomic E-state index is 12.0. The molecule has 1 aliphatic rings. The zero-order valence-electron chi connectivity index (χ0n) is 10.2. The van der Waals surface area contributed by atoms with Crippen LogP contribution in [0.15, 0.2) is 47.5 Å². The van der Waals surface area contributed by atoms with Crippen LogP contribution in [0.1, 0.15) is 17.3 Å². The fraction of sp³-hybridized carbons (Fsp3) is 0.231. The number of fused-ring (bicyclic) bond motifs is 1. The highest BCUT2D eigenvalue weighted by Gasteiger charge is 2.33. The highest BCUT2D eigenvalue weighted by molar-refractivity contribution is 7.91. The second-order valence-corrected chi connectivity index (χ2v) is 6.47. The van der Waals surface area contributed by atoms with Crippen LogP contribution in [-0.4, -0.2) is 24.4 Å². The van der Waals surface area contributed by atoms with Crippen molar-refractivity contribution < 1.29 is 8.42 Å². The molecule has 3 rings (SSSR count). The van der Waals surface area contributed by atoms with Crippen molar-refractivity contribution >= 4 is 9.84 Å². The van der Waals surface area contributed by atoms with E-state index in [-0.39, 0.29) is 11.8 Å². The van der Waals surface area contributed by atoms with E-state index in [4.69, 9.17) is 0 Å². The molecule has 0 radical (unpaired) electrons. The van der Waals surface area contributed by atoms with Gasteiger partial charge in [-0.1, -0.05) is 18.2 Å². The Balaban J connectivity index is 1.81. The van der Waals surface area contributed by atoms with Crippen LogP contribution in [0.4, 0.5) is 0 Å². The van der Waals surface area contributed by atoms with Gasteiger partial charge in [0, 0.05) is 18.8 Å². The standard InChI is InChI=1S/C13H13N3O2S/c17-19(18)9-12(11-5-1-2-6-13(11)19)14-8-10-4-3-7-15-16-10/h1-7,12,14H,8-9H2. The predicted octanol–water partition coefficient (Wildman–Crippen LogP) is 1.09. The van der Waals surface area contributed by atoms with Gasteiger partial charge in [-0.3, -0.25) is 0 Å². The molecule has 1 N–H and O–H groups in total.